The van der Waals surface area contributed by atoms with Crippen molar-refractivity contribution >= 4 is 17.3 Å². The van der Waals surface area contributed by atoms with Gasteiger partial charge < -0.3 is 12.4 Å². The lowest BCUT2D eigenvalue weighted by Crippen LogP contribution is -3.00. The Morgan fingerprint density at radius 1 is 0.842 bits per heavy atom. The third-order valence-electron chi connectivity index (χ3n) is 3.21. The van der Waals surface area contributed by atoms with E-state index in [2.05, 4.69) is 68.7 Å². The second-order valence-electron chi connectivity index (χ2n) is 5.13. The molecular formula is C16H19Cl2N. The summed E-state index contributed by atoms with van der Waals surface area (Å²) in [6, 6.07) is 19.1. The van der Waals surface area contributed by atoms with Gasteiger partial charge in [0, 0.05) is 11.4 Å². The Bertz CT molecular complexity index is 492. The first kappa shape index (κ1) is 16.0. The molecule has 0 amide bonds. The summed E-state index contributed by atoms with van der Waals surface area (Å²) < 4.78 is 0.840. The highest BCUT2D eigenvalue weighted by Gasteiger charge is 2.19. The summed E-state index contributed by atoms with van der Waals surface area (Å²) in [4.78, 5) is 0. The number of alkyl halides is 1. The van der Waals surface area contributed by atoms with Crippen LogP contribution in [0.2, 0.25) is 0 Å². The SMILES string of the molecule is C[N+](C)(Cc1ccccc1)c1ccc(CCl)cc1.[Cl-]. The normalized spacial score (nSPS) is 10.9. The molecule has 0 aliphatic rings. The molecule has 2 rings (SSSR count). The first-order valence-electron chi connectivity index (χ1n) is 6.14. The standard InChI is InChI=1S/C16H19ClN.ClH/c1-18(2,13-15-6-4-3-5-7-15)16-10-8-14(12-17)9-11-16;/h3-11H,12-13H2,1-2H3;1H/q+1;/p-1. The van der Waals surface area contributed by atoms with Gasteiger partial charge in [-0.1, -0.05) is 42.5 Å². The highest BCUT2D eigenvalue weighted by molar-refractivity contribution is 6.17. The zero-order valence-corrected chi connectivity index (χ0v) is 12.8. The van der Waals surface area contributed by atoms with Gasteiger partial charge in [-0.05, 0) is 17.7 Å². The quantitative estimate of drug-likeness (QED) is 0.587. The first-order valence-corrected chi connectivity index (χ1v) is 6.68. The van der Waals surface area contributed by atoms with Crippen LogP contribution >= 0.6 is 11.6 Å². The van der Waals surface area contributed by atoms with Crippen LogP contribution in [0.4, 0.5) is 5.69 Å². The summed E-state index contributed by atoms with van der Waals surface area (Å²) in [7, 11) is 4.45. The minimum absolute atomic E-state index is 0. The minimum Gasteiger partial charge on any atom is -1.00 e. The summed E-state index contributed by atoms with van der Waals surface area (Å²) in [5.74, 6) is 0.576. The molecule has 0 aromatic heterocycles. The van der Waals surface area contributed by atoms with Crippen molar-refractivity contribution in [1.82, 2.24) is 4.48 Å². The van der Waals surface area contributed by atoms with E-state index in [0.29, 0.717) is 5.88 Å². The summed E-state index contributed by atoms with van der Waals surface area (Å²) in [5, 5.41) is 0. The molecule has 0 fully saturated rings. The number of hydrogen-bond acceptors (Lipinski definition) is 0. The lowest BCUT2D eigenvalue weighted by molar-refractivity contribution is -0.00000387. The van der Waals surface area contributed by atoms with Crippen molar-refractivity contribution in [3.05, 3.63) is 65.7 Å². The molecular weight excluding hydrogens is 277 g/mol. The molecule has 0 aliphatic carbocycles. The summed E-state index contributed by atoms with van der Waals surface area (Å²) >= 11 is 5.82. The van der Waals surface area contributed by atoms with Crippen molar-refractivity contribution < 1.29 is 12.4 Å². The average Bonchev–Trinajstić information content (AvgIpc) is 2.39. The Morgan fingerprint density at radius 2 is 1.42 bits per heavy atom. The highest BCUT2D eigenvalue weighted by Crippen LogP contribution is 2.22. The van der Waals surface area contributed by atoms with Gasteiger partial charge in [0.05, 0.1) is 14.1 Å². The summed E-state index contributed by atoms with van der Waals surface area (Å²) in [6.07, 6.45) is 0. The Labute approximate surface area is 126 Å². The molecule has 102 valence electrons. The van der Waals surface area contributed by atoms with E-state index in [1.807, 2.05) is 0 Å². The van der Waals surface area contributed by atoms with Gasteiger partial charge >= 0.3 is 0 Å². The Hall–Kier alpha value is -1.02. The van der Waals surface area contributed by atoms with Crippen molar-refractivity contribution in [2.24, 2.45) is 0 Å². The molecule has 0 bridgehead atoms. The van der Waals surface area contributed by atoms with Crippen LogP contribution in [0.25, 0.3) is 0 Å². The third-order valence-corrected chi connectivity index (χ3v) is 3.52. The molecule has 0 atom stereocenters. The number of halogens is 2. The van der Waals surface area contributed by atoms with Gasteiger partial charge in [0.1, 0.15) is 12.2 Å². The van der Waals surface area contributed by atoms with E-state index in [1.54, 1.807) is 0 Å². The van der Waals surface area contributed by atoms with Crippen LogP contribution in [0.3, 0.4) is 0 Å². The van der Waals surface area contributed by atoms with Crippen LogP contribution in [0, 0.1) is 0 Å². The fourth-order valence-electron chi connectivity index (χ4n) is 2.12. The molecule has 0 saturated carbocycles. The molecule has 3 heteroatoms. The summed E-state index contributed by atoms with van der Waals surface area (Å²) in [5.41, 5.74) is 3.82. The number of rotatable bonds is 4. The second kappa shape index (κ2) is 6.95. The maximum Gasteiger partial charge on any atom is 0.132 e. The van der Waals surface area contributed by atoms with Crippen molar-refractivity contribution in [3.63, 3.8) is 0 Å². The zero-order valence-electron chi connectivity index (χ0n) is 11.3. The summed E-state index contributed by atoms with van der Waals surface area (Å²) in [6.45, 7) is 0.987. The molecule has 2 aromatic rings. The molecule has 0 heterocycles. The maximum absolute atomic E-state index is 5.82. The van der Waals surface area contributed by atoms with Crippen molar-refractivity contribution in [1.29, 1.82) is 0 Å². The van der Waals surface area contributed by atoms with Gasteiger partial charge in [-0.2, -0.15) is 0 Å². The van der Waals surface area contributed by atoms with Gasteiger partial charge in [0.2, 0.25) is 0 Å². The second-order valence-corrected chi connectivity index (χ2v) is 5.40. The van der Waals surface area contributed by atoms with Crippen LogP contribution in [0.1, 0.15) is 11.1 Å². The van der Waals surface area contributed by atoms with E-state index in [1.165, 1.54) is 16.8 Å². The molecule has 0 spiro atoms. The van der Waals surface area contributed by atoms with E-state index < -0.39 is 0 Å². The number of benzene rings is 2. The van der Waals surface area contributed by atoms with Crippen molar-refractivity contribution in [2.45, 2.75) is 12.4 Å². The van der Waals surface area contributed by atoms with Crippen LogP contribution in [0.5, 0.6) is 0 Å². The molecule has 0 unspecified atom stereocenters. The molecule has 0 radical (unpaired) electrons. The van der Waals surface area contributed by atoms with E-state index in [4.69, 9.17) is 11.6 Å². The van der Waals surface area contributed by atoms with E-state index >= 15 is 0 Å². The van der Waals surface area contributed by atoms with Gasteiger partial charge in [-0.3, -0.25) is 4.48 Å². The van der Waals surface area contributed by atoms with E-state index in [0.717, 1.165) is 11.0 Å². The van der Waals surface area contributed by atoms with E-state index in [-0.39, 0.29) is 12.4 Å². The van der Waals surface area contributed by atoms with Crippen LogP contribution in [-0.2, 0) is 12.4 Å². The predicted octanol–water partition coefficient (Wildman–Crippen LogP) is 1.20. The van der Waals surface area contributed by atoms with E-state index in [9.17, 15) is 0 Å². The highest BCUT2D eigenvalue weighted by atomic mass is 35.5. The minimum atomic E-state index is 0. The molecule has 0 aliphatic heterocycles. The Morgan fingerprint density at radius 3 is 1.95 bits per heavy atom. The fraction of sp³-hybridized carbons (Fsp3) is 0.250. The smallest absolute Gasteiger partial charge is 0.132 e. The van der Waals surface area contributed by atoms with Crippen LogP contribution in [0.15, 0.2) is 54.6 Å². The van der Waals surface area contributed by atoms with Gasteiger partial charge in [0.25, 0.3) is 0 Å². The molecule has 0 N–H and O–H groups in total. The first-order chi connectivity index (χ1) is 8.62. The van der Waals surface area contributed by atoms with Crippen LogP contribution in [-0.4, -0.2) is 14.1 Å². The monoisotopic (exact) mass is 295 g/mol. The zero-order chi connectivity index (χ0) is 13.0. The molecule has 1 nitrogen and oxygen atoms in total. The van der Waals surface area contributed by atoms with Gasteiger partial charge in [-0.25, -0.2) is 0 Å². The lowest BCUT2D eigenvalue weighted by atomic mass is 10.1. The molecule has 2 aromatic carbocycles. The Kier molecular flexibility index (Phi) is 5.86. The van der Waals surface area contributed by atoms with Gasteiger partial charge in [0.15, 0.2) is 0 Å². The molecule has 19 heavy (non-hydrogen) atoms. The van der Waals surface area contributed by atoms with Gasteiger partial charge in [-0.15, -0.1) is 11.6 Å². The fourth-order valence-corrected chi connectivity index (χ4v) is 2.30. The Balaban J connectivity index is 0.00000180. The number of hydrogen-bond donors (Lipinski definition) is 0. The largest absolute Gasteiger partial charge is 1.00 e. The average molecular weight is 296 g/mol. The topological polar surface area (TPSA) is 0 Å². The van der Waals surface area contributed by atoms with Crippen molar-refractivity contribution in [2.75, 3.05) is 14.1 Å². The van der Waals surface area contributed by atoms with Crippen LogP contribution < -0.4 is 16.9 Å². The van der Waals surface area contributed by atoms with Crippen molar-refractivity contribution in [3.8, 4) is 0 Å². The predicted molar refractivity (Wildman–Crippen MR) is 79.8 cm³/mol. The number of nitrogens with zero attached hydrogens (tertiary/aromatic N) is 1. The number of quaternary nitrogens is 1. The maximum atomic E-state index is 5.82. The third kappa shape index (κ3) is 4.24. The lowest BCUT2D eigenvalue weighted by Gasteiger charge is -2.29. The molecule has 0 saturated heterocycles.